The number of fused-ring (bicyclic) bond motifs is 5. The Hall–Kier alpha value is -2.66. The third-order valence-corrected chi connectivity index (χ3v) is 7.31. The molecule has 6 atom stereocenters. The Kier molecular flexibility index (Phi) is 5.30. The van der Waals surface area contributed by atoms with Crippen molar-refractivity contribution in [2.45, 2.75) is 51.4 Å². The fourth-order valence-corrected chi connectivity index (χ4v) is 5.57. The Balaban J connectivity index is 1.34. The van der Waals surface area contributed by atoms with Crippen LogP contribution >= 0.6 is 0 Å². The van der Waals surface area contributed by atoms with Crippen molar-refractivity contribution in [2.24, 2.45) is 11.8 Å². The Bertz CT molecular complexity index is 888. The molecule has 2 aromatic carbocycles. The van der Waals surface area contributed by atoms with E-state index >= 15 is 0 Å². The van der Waals surface area contributed by atoms with Crippen molar-refractivity contribution < 1.29 is 19.1 Å². The number of esters is 2. The molecule has 31 heavy (non-hydrogen) atoms. The molecule has 2 aliphatic heterocycles. The highest BCUT2D eigenvalue weighted by molar-refractivity contribution is 5.90. The van der Waals surface area contributed by atoms with Gasteiger partial charge in [-0.3, -0.25) is 4.90 Å². The van der Waals surface area contributed by atoms with Gasteiger partial charge < -0.3 is 9.47 Å². The van der Waals surface area contributed by atoms with Crippen LogP contribution in [0.15, 0.2) is 48.5 Å². The van der Waals surface area contributed by atoms with E-state index in [1.54, 1.807) is 24.3 Å². The lowest BCUT2D eigenvalue weighted by Crippen LogP contribution is -2.50. The van der Waals surface area contributed by atoms with Gasteiger partial charge in [0.15, 0.2) is 0 Å². The van der Waals surface area contributed by atoms with Gasteiger partial charge in [-0.15, -0.1) is 0 Å². The summed E-state index contributed by atoms with van der Waals surface area (Å²) in [5, 5.41) is 0. The van der Waals surface area contributed by atoms with Crippen molar-refractivity contribution in [3.05, 3.63) is 70.8 Å². The van der Waals surface area contributed by atoms with E-state index in [0.29, 0.717) is 29.0 Å². The number of benzene rings is 2. The SMILES string of the molecule is Cc1ccc(C(=O)OC2CC3C4CCN(C4)C3CC2OC(=O)c2ccc(C)cc2)cc1. The lowest BCUT2D eigenvalue weighted by atomic mass is 9.74. The van der Waals surface area contributed by atoms with Gasteiger partial charge in [-0.1, -0.05) is 35.4 Å². The number of rotatable bonds is 4. The van der Waals surface area contributed by atoms with Gasteiger partial charge in [-0.25, -0.2) is 9.59 Å². The first-order valence-corrected chi connectivity index (χ1v) is 11.3. The van der Waals surface area contributed by atoms with Crippen LogP contribution in [0.5, 0.6) is 0 Å². The molecule has 2 bridgehead atoms. The van der Waals surface area contributed by atoms with E-state index in [1.165, 1.54) is 6.42 Å². The molecule has 1 aliphatic carbocycles. The summed E-state index contributed by atoms with van der Waals surface area (Å²) in [6.07, 6.45) is 1.86. The molecule has 2 aromatic rings. The highest BCUT2D eigenvalue weighted by Crippen LogP contribution is 2.47. The van der Waals surface area contributed by atoms with Crippen molar-refractivity contribution in [3.63, 3.8) is 0 Å². The number of nitrogens with zero attached hydrogens (tertiary/aromatic N) is 1. The number of carbonyl (C=O) groups excluding carboxylic acids is 2. The summed E-state index contributed by atoms with van der Waals surface area (Å²) in [6.45, 7) is 6.22. The summed E-state index contributed by atoms with van der Waals surface area (Å²) in [5.74, 6) is 0.486. The molecule has 0 radical (unpaired) electrons. The molecule has 6 unspecified atom stereocenters. The number of ether oxygens (including phenoxy) is 2. The van der Waals surface area contributed by atoms with Gasteiger partial charge in [0.2, 0.25) is 0 Å². The summed E-state index contributed by atoms with van der Waals surface area (Å²) in [4.78, 5) is 28.2. The summed E-state index contributed by atoms with van der Waals surface area (Å²) >= 11 is 0. The maximum Gasteiger partial charge on any atom is 0.338 e. The van der Waals surface area contributed by atoms with Gasteiger partial charge >= 0.3 is 11.9 Å². The Morgan fingerprint density at radius 3 is 1.87 bits per heavy atom. The first kappa shape index (κ1) is 20.3. The molecule has 162 valence electrons. The predicted octanol–water partition coefficient (Wildman–Crippen LogP) is 4.17. The molecule has 3 fully saturated rings. The molecule has 2 heterocycles. The zero-order valence-corrected chi connectivity index (χ0v) is 18.1. The molecule has 5 nitrogen and oxygen atoms in total. The molecule has 3 aliphatic rings. The van der Waals surface area contributed by atoms with Crippen LogP contribution in [-0.4, -0.2) is 48.2 Å². The van der Waals surface area contributed by atoms with E-state index in [2.05, 4.69) is 4.90 Å². The Morgan fingerprint density at radius 1 is 0.806 bits per heavy atom. The molecule has 0 N–H and O–H groups in total. The molecule has 0 spiro atoms. The quantitative estimate of drug-likeness (QED) is 0.697. The van der Waals surface area contributed by atoms with Gasteiger partial charge in [0.1, 0.15) is 12.2 Å². The van der Waals surface area contributed by atoms with E-state index in [1.807, 2.05) is 38.1 Å². The van der Waals surface area contributed by atoms with Crippen LogP contribution in [0.1, 0.15) is 51.1 Å². The van der Waals surface area contributed by atoms with Crippen LogP contribution in [0.4, 0.5) is 0 Å². The lowest BCUT2D eigenvalue weighted by molar-refractivity contribution is -0.0783. The van der Waals surface area contributed by atoms with Crippen molar-refractivity contribution in [3.8, 4) is 0 Å². The maximum atomic E-state index is 12.8. The average molecular weight is 420 g/mol. The molecular formula is C26H29NO4. The van der Waals surface area contributed by atoms with Gasteiger partial charge in [-0.2, -0.15) is 0 Å². The second-order valence-electron chi connectivity index (χ2n) is 9.37. The van der Waals surface area contributed by atoms with E-state index in [9.17, 15) is 9.59 Å². The third kappa shape index (κ3) is 3.99. The minimum absolute atomic E-state index is 0.344. The maximum absolute atomic E-state index is 12.8. The molecule has 1 saturated carbocycles. The topological polar surface area (TPSA) is 55.8 Å². The number of carbonyl (C=O) groups is 2. The zero-order valence-electron chi connectivity index (χ0n) is 18.1. The van der Waals surface area contributed by atoms with Crippen LogP contribution in [-0.2, 0) is 9.47 Å². The van der Waals surface area contributed by atoms with Crippen LogP contribution < -0.4 is 0 Å². The smallest absolute Gasteiger partial charge is 0.338 e. The highest BCUT2D eigenvalue weighted by Gasteiger charge is 2.52. The van der Waals surface area contributed by atoms with Gasteiger partial charge in [0.05, 0.1) is 11.1 Å². The van der Waals surface area contributed by atoms with E-state index in [4.69, 9.17) is 9.47 Å². The van der Waals surface area contributed by atoms with Gasteiger partial charge in [-0.05, 0) is 69.3 Å². The minimum Gasteiger partial charge on any atom is -0.455 e. The number of hydrogen-bond acceptors (Lipinski definition) is 5. The molecule has 2 saturated heterocycles. The zero-order chi connectivity index (χ0) is 21.5. The first-order chi connectivity index (χ1) is 15.0. The van der Waals surface area contributed by atoms with Crippen LogP contribution in [0, 0.1) is 25.7 Å². The van der Waals surface area contributed by atoms with Gasteiger partial charge in [0.25, 0.3) is 0 Å². The van der Waals surface area contributed by atoms with E-state index in [-0.39, 0.29) is 11.9 Å². The second-order valence-corrected chi connectivity index (χ2v) is 9.37. The van der Waals surface area contributed by atoms with Crippen LogP contribution in [0.2, 0.25) is 0 Å². The summed E-state index contributed by atoms with van der Waals surface area (Å²) in [7, 11) is 0. The molecule has 5 rings (SSSR count). The molecular weight excluding hydrogens is 390 g/mol. The fourth-order valence-electron chi connectivity index (χ4n) is 5.57. The predicted molar refractivity (Wildman–Crippen MR) is 117 cm³/mol. The Labute approximate surface area is 183 Å². The van der Waals surface area contributed by atoms with Crippen molar-refractivity contribution in [1.29, 1.82) is 0 Å². The van der Waals surface area contributed by atoms with E-state index < -0.39 is 12.2 Å². The molecule has 0 amide bonds. The number of hydrogen-bond donors (Lipinski definition) is 0. The molecule has 5 heteroatoms. The first-order valence-electron chi connectivity index (χ1n) is 11.3. The second kappa shape index (κ2) is 8.12. The normalized spacial score (nSPS) is 31.2. The highest BCUT2D eigenvalue weighted by atomic mass is 16.6. The number of piperidine rings is 1. The van der Waals surface area contributed by atoms with E-state index in [0.717, 1.165) is 37.1 Å². The van der Waals surface area contributed by atoms with Crippen molar-refractivity contribution >= 4 is 11.9 Å². The molecule has 0 aromatic heterocycles. The minimum atomic E-state index is -0.427. The largest absolute Gasteiger partial charge is 0.455 e. The standard InChI is InChI=1S/C26H29NO4/c1-16-3-7-18(8-4-16)25(28)30-23-13-21-20-11-12-27(15-20)22(21)14-24(23)31-26(29)19-9-5-17(2)6-10-19/h3-10,20-24H,11-15H2,1-2H3. The summed E-state index contributed by atoms with van der Waals surface area (Å²) in [6, 6.07) is 15.2. The number of aryl methyl sites for hydroxylation is 2. The third-order valence-electron chi connectivity index (χ3n) is 7.31. The van der Waals surface area contributed by atoms with Crippen molar-refractivity contribution in [2.75, 3.05) is 13.1 Å². The summed E-state index contributed by atoms with van der Waals surface area (Å²) in [5.41, 5.74) is 3.26. The van der Waals surface area contributed by atoms with Crippen LogP contribution in [0.25, 0.3) is 0 Å². The Morgan fingerprint density at radius 2 is 1.32 bits per heavy atom. The monoisotopic (exact) mass is 419 g/mol. The lowest BCUT2D eigenvalue weighted by Gasteiger charge is -2.42. The van der Waals surface area contributed by atoms with Gasteiger partial charge in [0, 0.05) is 19.0 Å². The average Bonchev–Trinajstić information content (AvgIpc) is 3.37. The fraction of sp³-hybridized carbons (Fsp3) is 0.462. The van der Waals surface area contributed by atoms with Crippen molar-refractivity contribution in [1.82, 2.24) is 4.90 Å². The van der Waals surface area contributed by atoms with Crippen LogP contribution in [0.3, 0.4) is 0 Å². The summed E-state index contributed by atoms with van der Waals surface area (Å²) < 4.78 is 11.9.